The number of aromatic amines is 1. The average Bonchev–Trinajstić information content (AvgIpc) is 2.70. The van der Waals surface area contributed by atoms with Crippen molar-refractivity contribution < 1.29 is 9.53 Å². The second-order valence-corrected chi connectivity index (χ2v) is 3.93. The molecule has 17 heavy (non-hydrogen) atoms. The van der Waals surface area contributed by atoms with Gasteiger partial charge in [0.2, 0.25) is 5.91 Å². The van der Waals surface area contributed by atoms with Crippen LogP contribution in [0.2, 0.25) is 0 Å². The van der Waals surface area contributed by atoms with Crippen molar-refractivity contribution in [1.82, 2.24) is 4.98 Å². The van der Waals surface area contributed by atoms with E-state index in [2.05, 4.69) is 4.98 Å². The molecule has 0 aliphatic heterocycles. The first-order chi connectivity index (χ1) is 8.11. The summed E-state index contributed by atoms with van der Waals surface area (Å²) in [6.45, 7) is 0. The summed E-state index contributed by atoms with van der Waals surface area (Å²) >= 11 is 0. The fraction of sp³-hybridized carbons (Fsp3) is 0.250. The molecule has 1 heterocycles. The molecule has 0 saturated carbocycles. The molecule has 5 nitrogen and oxygen atoms in total. The van der Waals surface area contributed by atoms with Crippen LogP contribution in [-0.2, 0) is 4.79 Å². The van der Waals surface area contributed by atoms with Crippen LogP contribution in [-0.4, -0.2) is 18.0 Å². The van der Waals surface area contributed by atoms with Gasteiger partial charge >= 0.3 is 0 Å². The molecule has 0 aliphatic carbocycles. The number of hydrogen-bond donors (Lipinski definition) is 3. The second-order valence-electron chi connectivity index (χ2n) is 3.93. The van der Waals surface area contributed by atoms with Crippen molar-refractivity contribution in [2.45, 2.75) is 12.5 Å². The number of amides is 1. The molecule has 0 radical (unpaired) electrons. The van der Waals surface area contributed by atoms with Crippen LogP contribution in [0.25, 0.3) is 10.9 Å². The van der Waals surface area contributed by atoms with Gasteiger partial charge in [-0.1, -0.05) is 0 Å². The van der Waals surface area contributed by atoms with Crippen LogP contribution in [0, 0.1) is 0 Å². The van der Waals surface area contributed by atoms with Crippen LogP contribution < -0.4 is 16.2 Å². The Morgan fingerprint density at radius 3 is 2.94 bits per heavy atom. The Hall–Kier alpha value is -2.01. The summed E-state index contributed by atoms with van der Waals surface area (Å²) in [5, 5.41) is 0.957. The molecule has 1 aromatic carbocycles. The second kappa shape index (κ2) is 4.47. The standard InChI is InChI=1S/C12H15N3O2/c1-17-7-2-3-11-8(4-7)9(6-15-11)10(13)5-12(14)16/h2-4,6,10,15H,5,13H2,1H3,(H2,14,16). The van der Waals surface area contributed by atoms with Gasteiger partial charge in [-0.05, 0) is 23.8 Å². The minimum atomic E-state index is -0.408. The van der Waals surface area contributed by atoms with Crippen molar-refractivity contribution in [3.63, 3.8) is 0 Å². The zero-order valence-corrected chi connectivity index (χ0v) is 9.57. The maximum absolute atomic E-state index is 10.9. The van der Waals surface area contributed by atoms with Crippen LogP contribution in [0.4, 0.5) is 0 Å². The van der Waals surface area contributed by atoms with E-state index in [0.29, 0.717) is 0 Å². The van der Waals surface area contributed by atoms with Gasteiger partial charge in [-0.2, -0.15) is 0 Å². The Morgan fingerprint density at radius 1 is 1.53 bits per heavy atom. The van der Waals surface area contributed by atoms with Crippen molar-refractivity contribution >= 4 is 16.8 Å². The summed E-state index contributed by atoms with van der Waals surface area (Å²) < 4.78 is 5.16. The molecule has 2 rings (SSSR count). The number of rotatable bonds is 4. The molecule has 90 valence electrons. The molecule has 0 aliphatic rings. The van der Waals surface area contributed by atoms with Crippen molar-refractivity contribution in [2.75, 3.05) is 7.11 Å². The van der Waals surface area contributed by atoms with E-state index in [1.165, 1.54) is 0 Å². The van der Waals surface area contributed by atoms with Gasteiger partial charge in [0.25, 0.3) is 0 Å². The molecule has 1 amide bonds. The van der Waals surface area contributed by atoms with Crippen molar-refractivity contribution in [3.05, 3.63) is 30.0 Å². The zero-order valence-electron chi connectivity index (χ0n) is 9.57. The number of carbonyl (C=O) groups is 1. The van der Waals surface area contributed by atoms with E-state index in [1.54, 1.807) is 13.3 Å². The Bertz CT molecular complexity index is 548. The van der Waals surface area contributed by atoms with E-state index >= 15 is 0 Å². The first-order valence-corrected chi connectivity index (χ1v) is 5.30. The number of hydrogen-bond acceptors (Lipinski definition) is 3. The first-order valence-electron chi connectivity index (χ1n) is 5.30. The lowest BCUT2D eigenvalue weighted by molar-refractivity contribution is -0.118. The summed E-state index contributed by atoms with van der Waals surface area (Å²) in [4.78, 5) is 14.0. The highest BCUT2D eigenvalue weighted by Gasteiger charge is 2.14. The maximum Gasteiger partial charge on any atom is 0.219 e. The molecule has 0 bridgehead atoms. The van der Waals surface area contributed by atoms with Crippen LogP contribution >= 0.6 is 0 Å². The predicted octanol–water partition coefficient (Wildman–Crippen LogP) is 1.05. The number of H-pyrrole nitrogens is 1. The number of primary amides is 1. The molecular formula is C12H15N3O2. The minimum absolute atomic E-state index is 0.129. The molecule has 0 saturated heterocycles. The van der Waals surface area contributed by atoms with E-state index in [9.17, 15) is 4.79 Å². The van der Waals surface area contributed by atoms with Crippen LogP contribution in [0.3, 0.4) is 0 Å². The van der Waals surface area contributed by atoms with Crippen LogP contribution in [0.1, 0.15) is 18.0 Å². The van der Waals surface area contributed by atoms with Crippen molar-refractivity contribution in [3.8, 4) is 5.75 Å². The van der Waals surface area contributed by atoms with E-state index in [4.69, 9.17) is 16.2 Å². The molecule has 5 N–H and O–H groups in total. The van der Waals surface area contributed by atoms with Gasteiger partial charge in [-0.15, -0.1) is 0 Å². The van der Waals surface area contributed by atoms with Crippen molar-refractivity contribution in [2.24, 2.45) is 11.5 Å². The minimum Gasteiger partial charge on any atom is -0.497 e. The molecular weight excluding hydrogens is 218 g/mol. The monoisotopic (exact) mass is 233 g/mol. The average molecular weight is 233 g/mol. The number of ether oxygens (including phenoxy) is 1. The molecule has 5 heteroatoms. The molecule has 1 atom stereocenters. The molecule has 0 fully saturated rings. The molecule has 2 aromatic rings. The van der Waals surface area contributed by atoms with Gasteiger partial charge in [0.15, 0.2) is 0 Å². The van der Waals surface area contributed by atoms with Gasteiger partial charge in [0.05, 0.1) is 7.11 Å². The number of fused-ring (bicyclic) bond motifs is 1. The Balaban J connectivity index is 2.43. The highest BCUT2D eigenvalue weighted by atomic mass is 16.5. The predicted molar refractivity (Wildman–Crippen MR) is 65.6 cm³/mol. The van der Waals surface area contributed by atoms with Gasteiger partial charge in [0, 0.05) is 29.6 Å². The van der Waals surface area contributed by atoms with Gasteiger partial charge < -0.3 is 21.2 Å². The van der Waals surface area contributed by atoms with E-state index < -0.39 is 11.9 Å². The summed E-state index contributed by atoms with van der Waals surface area (Å²) in [6, 6.07) is 5.27. The van der Waals surface area contributed by atoms with Gasteiger partial charge in [-0.3, -0.25) is 4.79 Å². The number of benzene rings is 1. The lowest BCUT2D eigenvalue weighted by atomic mass is 10.0. The highest BCUT2D eigenvalue weighted by Crippen LogP contribution is 2.27. The maximum atomic E-state index is 10.9. The summed E-state index contributed by atoms with van der Waals surface area (Å²) in [5.41, 5.74) is 12.9. The number of aromatic nitrogens is 1. The Kier molecular flexibility index (Phi) is 3.01. The largest absolute Gasteiger partial charge is 0.497 e. The number of nitrogens with one attached hydrogen (secondary N) is 1. The number of carbonyl (C=O) groups excluding carboxylic acids is 1. The van der Waals surface area contributed by atoms with Gasteiger partial charge in [-0.25, -0.2) is 0 Å². The third-order valence-corrected chi connectivity index (χ3v) is 2.74. The lowest BCUT2D eigenvalue weighted by Gasteiger charge is -2.08. The number of methoxy groups -OCH3 is 1. The first kappa shape index (κ1) is 11.5. The molecule has 1 aromatic heterocycles. The Labute approximate surface area is 98.7 Å². The molecule has 1 unspecified atom stereocenters. The normalized spacial score (nSPS) is 12.6. The summed E-state index contributed by atoms with van der Waals surface area (Å²) in [5.74, 6) is 0.347. The fourth-order valence-electron chi connectivity index (χ4n) is 1.88. The lowest BCUT2D eigenvalue weighted by Crippen LogP contribution is -2.20. The topological polar surface area (TPSA) is 94.1 Å². The third-order valence-electron chi connectivity index (χ3n) is 2.74. The molecule has 0 spiro atoms. The van der Waals surface area contributed by atoms with E-state index in [-0.39, 0.29) is 6.42 Å². The van der Waals surface area contributed by atoms with Crippen molar-refractivity contribution in [1.29, 1.82) is 0 Å². The summed E-state index contributed by atoms with van der Waals surface area (Å²) in [6.07, 6.45) is 1.93. The van der Waals surface area contributed by atoms with Crippen LogP contribution in [0.15, 0.2) is 24.4 Å². The fourth-order valence-corrected chi connectivity index (χ4v) is 1.88. The Morgan fingerprint density at radius 2 is 2.29 bits per heavy atom. The quantitative estimate of drug-likeness (QED) is 0.736. The smallest absolute Gasteiger partial charge is 0.219 e. The SMILES string of the molecule is COc1ccc2[nH]cc(C(N)CC(N)=O)c2c1. The van der Waals surface area contributed by atoms with Crippen LogP contribution in [0.5, 0.6) is 5.75 Å². The number of nitrogens with two attached hydrogens (primary N) is 2. The van der Waals surface area contributed by atoms with E-state index in [1.807, 2.05) is 18.2 Å². The summed E-state index contributed by atoms with van der Waals surface area (Å²) in [7, 11) is 1.61. The van der Waals surface area contributed by atoms with Gasteiger partial charge in [0.1, 0.15) is 5.75 Å². The highest BCUT2D eigenvalue weighted by molar-refractivity contribution is 5.86. The zero-order chi connectivity index (χ0) is 12.4. The third kappa shape index (κ3) is 2.24. The van der Waals surface area contributed by atoms with E-state index in [0.717, 1.165) is 22.2 Å².